The molecule has 2 N–H and O–H groups in total. The molecule has 1 aromatic carbocycles. The molecule has 2 unspecified atom stereocenters. The van der Waals surface area contributed by atoms with Crippen molar-refractivity contribution in [2.45, 2.75) is 31.8 Å². The van der Waals surface area contributed by atoms with E-state index in [-0.39, 0.29) is 17.7 Å². The van der Waals surface area contributed by atoms with Crippen molar-refractivity contribution in [3.8, 4) is 0 Å². The van der Waals surface area contributed by atoms with Crippen LogP contribution in [-0.2, 0) is 15.1 Å². The average molecular weight is 321 g/mol. The van der Waals surface area contributed by atoms with Crippen molar-refractivity contribution < 1.29 is 24.4 Å². The number of non-ortho nitro benzene ring substituents is 1. The van der Waals surface area contributed by atoms with Crippen molar-refractivity contribution in [3.05, 3.63) is 39.9 Å². The van der Waals surface area contributed by atoms with Gasteiger partial charge in [-0.25, -0.2) is 14.5 Å². The summed E-state index contributed by atoms with van der Waals surface area (Å²) in [6.07, 6.45) is 0.0551. The molecule has 23 heavy (non-hydrogen) atoms. The molecule has 0 bridgehead atoms. The van der Waals surface area contributed by atoms with Crippen LogP contribution in [0, 0.1) is 10.1 Å². The van der Waals surface area contributed by atoms with E-state index in [9.17, 15) is 24.5 Å². The summed E-state index contributed by atoms with van der Waals surface area (Å²) in [6.45, 7) is 2.93. The van der Waals surface area contributed by atoms with Gasteiger partial charge in [0, 0.05) is 12.1 Å². The first-order valence-electron chi connectivity index (χ1n) is 6.86. The number of carboxylic acid groups (broad SMARTS) is 1. The highest BCUT2D eigenvalue weighted by atomic mass is 16.6. The molecule has 3 amide bonds. The molecule has 1 aromatic rings. The summed E-state index contributed by atoms with van der Waals surface area (Å²) in [7, 11) is 0. The minimum absolute atomic E-state index is 0.0551. The Balaban J connectivity index is 2.46. The predicted molar refractivity (Wildman–Crippen MR) is 77.5 cm³/mol. The van der Waals surface area contributed by atoms with Crippen molar-refractivity contribution >= 4 is 23.6 Å². The number of nitrogens with zero attached hydrogens (tertiary/aromatic N) is 2. The van der Waals surface area contributed by atoms with Crippen LogP contribution in [0.3, 0.4) is 0 Å². The van der Waals surface area contributed by atoms with Gasteiger partial charge in [0.1, 0.15) is 11.6 Å². The molecule has 122 valence electrons. The molecule has 1 saturated heterocycles. The Hall–Kier alpha value is -2.97. The Kier molecular flexibility index (Phi) is 4.04. The Morgan fingerprint density at radius 2 is 2.13 bits per heavy atom. The van der Waals surface area contributed by atoms with Gasteiger partial charge in [-0.05, 0) is 18.9 Å². The van der Waals surface area contributed by atoms with Gasteiger partial charge in [-0.15, -0.1) is 0 Å². The van der Waals surface area contributed by atoms with E-state index in [1.807, 2.05) is 0 Å². The van der Waals surface area contributed by atoms with E-state index in [4.69, 9.17) is 5.11 Å². The zero-order chi connectivity index (χ0) is 17.4. The van der Waals surface area contributed by atoms with Crippen molar-refractivity contribution in [1.82, 2.24) is 10.2 Å². The number of aliphatic carboxylic acids is 1. The summed E-state index contributed by atoms with van der Waals surface area (Å²) >= 11 is 0. The normalized spacial score (nSPS) is 21.9. The number of carbonyl (C=O) groups excluding carboxylic acids is 2. The van der Waals surface area contributed by atoms with Crippen LogP contribution >= 0.6 is 0 Å². The molecule has 0 radical (unpaired) electrons. The van der Waals surface area contributed by atoms with Gasteiger partial charge >= 0.3 is 12.0 Å². The quantitative estimate of drug-likeness (QED) is 0.476. The fourth-order valence-electron chi connectivity index (χ4n) is 2.54. The van der Waals surface area contributed by atoms with Crippen LogP contribution in [-0.4, -0.2) is 38.9 Å². The van der Waals surface area contributed by atoms with Crippen molar-refractivity contribution in [2.24, 2.45) is 0 Å². The Morgan fingerprint density at radius 3 is 2.65 bits per heavy atom. The Morgan fingerprint density at radius 1 is 1.48 bits per heavy atom. The van der Waals surface area contributed by atoms with Gasteiger partial charge in [0.25, 0.3) is 11.6 Å². The second kappa shape index (κ2) is 5.67. The summed E-state index contributed by atoms with van der Waals surface area (Å²) in [6, 6.07) is 3.19. The molecule has 0 aliphatic carbocycles. The molecule has 1 fully saturated rings. The number of amides is 3. The fraction of sp³-hybridized carbons (Fsp3) is 0.357. The molecule has 1 heterocycles. The van der Waals surface area contributed by atoms with Crippen LogP contribution in [0.25, 0.3) is 0 Å². The average Bonchev–Trinajstić information content (AvgIpc) is 2.72. The number of urea groups is 1. The second-order valence-corrected chi connectivity index (χ2v) is 5.30. The lowest BCUT2D eigenvalue weighted by Gasteiger charge is -2.24. The van der Waals surface area contributed by atoms with Crippen molar-refractivity contribution in [2.75, 3.05) is 0 Å². The van der Waals surface area contributed by atoms with Crippen LogP contribution in [0.15, 0.2) is 24.3 Å². The highest BCUT2D eigenvalue weighted by molar-refractivity contribution is 6.09. The first-order chi connectivity index (χ1) is 10.7. The third kappa shape index (κ3) is 2.60. The SMILES string of the molecule is CCC(C(=O)O)N1C(=O)NC(C)(c2cccc([N+](=O)[O-])c2)C1=O. The Bertz CT molecular complexity index is 704. The standard InChI is InChI=1S/C14H15N3O6/c1-3-10(11(18)19)16-12(20)14(2,15-13(16)21)8-5-4-6-9(7-8)17(22)23/h4-7,10H,3H2,1-2H3,(H,15,21)(H,18,19). The lowest BCUT2D eigenvalue weighted by atomic mass is 9.91. The van der Waals surface area contributed by atoms with Crippen LogP contribution < -0.4 is 5.32 Å². The van der Waals surface area contributed by atoms with Crippen LogP contribution in [0.1, 0.15) is 25.8 Å². The van der Waals surface area contributed by atoms with E-state index in [1.54, 1.807) is 6.92 Å². The molecule has 0 aromatic heterocycles. The molecule has 0 saturated carbocycles. The number of hydrogen-bond donors (Lipinski definition) is 2. The van der Waals surface area contributed by atoms with Crippen LogP contribution in [0.2, 0.25) is 0 Å². The van der Waals surface area contributed by atoms with Crippen molar-refractivity contribution in [1.29, 1.82) is 0 Å². The van der Waals surface area contributed by atoms with Gasteiger partial charge < -0.3 is 10.4 Å². The number of hydrogen-bond acceptors (Lipinski definition) is 5. The van der Waals surface area contributed by atoms with Gasteiger partial charge in [0.2, 0.25) is 0 Å². The number of carboxylic acids is 1. The third-order valence-corrected chi connectivity index (χ3v) is 3.84. The molecule has 2 rings (SSSR count). The molecule has 1 aliphatic heterocycles. The smallest absolute Gasteiger partial charge is 0.326 e. The van der Waals surface area contributed by atoms with Gasteiger partial charge in [-0.1, -0.05) is 19.1 Å². The highest BCUT2D eigenvalue weighted by Crippen LogP contribution is 2.32. The molecule has 9 nitrogen and oxygen atoms in total. The number of benzene rings is 1. The molecule has 2 atom stereocenters. The summed E-state index contributed by atoms with van der Waals surface area (Å²) < 4.78 is 0. The number of nitro benzene ring substituents is 1. The number of nitro groups is 1. The fourth-order valence-corrected chi connectivity index (χ4v) is 2.54. The maximum absolute atomic E-state index is 12.6. The first kappa shape index (κ1) is 16.4. The highest BCUT2D eigenvalue weighted by Gasteiger charge is 2.52. The zero-order valence-electron chi connectivity index (χ0n) is 12.5. The first-order valence-corrected chi connectivity index (χ1v) is 6.86. The molecule has 9 heteroatoms. The molecule has 0 spiro atoms. The van der Waals surface area contributed by atoms with Crippen LogP contribution in [0.4, 0.5) is 10.5 Å². The summed E-state index contributed by atoms with van der Waals surface area (Å²) in [5.74, 6) is -2.04. The Labute approximate surface area is 131 Å². The predicted octanol–water partition coefficient (Wildman–Crippen LogP) is 1.23. The number of rotatable bonds is 5. The molecular weight excluding hydrogens is 306 g/mol. The van der Waals surface area contributed by atoms with Gasteiger partial charge in [-0.2, -0.15) is 0 Å². The lowest BCUT2D eigenvalue weighted by Crippen LogP contribution is -2.46. The van der Waals surface area contributed by atoms with E-state index >= 15 is 0 Å². The third-order valence-electron chi connectivity index (χ3n) is 3.84. The van der Waals surface area contributed by atoms with E-state index in [1.165, 1.54) is 31.2 Å². The lowest BCUT2D eigenvalue weighted by molar-refractivity contribution is -0.385. The summed E-state index contributed by atoms with van der Waals surface area (Å²) in [4.78, 5) is 46.9. The maximum Gasteiger partial charge on any atom is 0.326 e. The van der Waals surface area contributed by atoms with E-state index in [2.05, 4.69) is 5.32 Å². The number of imide groups is 1. The minimum Gasteiger partial charge on any atom is -0.480 e. The van der Waals surface area contributed by atoms with Gasteiger partial charge in [-0.3, -0.25) is 14.9 Å². The van der Waals surface area contributed by atoms with Gasteiger partial charge in [0.05, 0.1) is 4.92 Å². The molecular formula is C14H15N3O6. The second-order valence-electron chi connectivity index (χ2n) is 5.30. The van der Waals surface area contributed by atoms with E-state index in [0.717, 1.165) is 0 Å². The summed E-state index contributed by atoms with van der Waals surface area (Å²) in [5.41, 5.74) is -1.56. The largest absolute Gasteiger partial charge is 0.480 e. The zero-order valence-corrected chi connectivity index (χ0v) is 12.5. The topological polar surface area (TPSA) is 130 Å². The van der Waals surface area contributed by atoms with E-state index < -0.39 is 34.4 Å². The van der Waals surface area contributed by atoms with Crippen molar-refractivity contribution in [3.63, 3.8) is 0 Å². The van der Waals surface area contributed by atoms with Crippen LogP contribution in [0.5, 0.6) is 0 Å². The minimum atomic E-state index is -1.55. The van der Waals surface area contributed by atoms with Gasteiger partial charge in [0.15, 0.2) is 0 Å². The monoisotopic (exact) mass is 321 g/mol. The van der Waals surface area contributed by atoms with E-state index in [0.29, 0.717) is 4.90 Å². The maximum atomic E-state index is 12.6. The number of nitrogens with one attached hydrogen (secondary N) is 1. The summed E-state index contributed by atoms with van der Waals surface area (Å²) in [5, 5.41) is 22.5. The number of carbonyl (C=O) groups is 3. The molecule has 1 aliphatic rings.